The second-order valence-corrected chi connectivity index (χ2v) is 5.03. The number of carboxylic acid groups (broad SMARTS) is 1. The molecular weight excluding hydrogens is 325 g/mol. The van der Waals surface area contributed by atoms with Crippen molar-refractivity contribution in [3.8, 4) is 22.8 Å². The Kier molecular flexibility index (Phi) is 4.48. The van der Waals surface area contributed by atoms with Gasteiger partial charge in [0.15, 0.2) is 17.1 Å². The van der Waals surface area contributed by atoms with Crippen LogP contribution in [0.15, 0.2) is 40.9 Å². The molecule has 0 amide bonds. The van der Waals surface area contributed by atoms with Crippen LogP contribution in [0.4, 0.5) is 0 Å². The summed E-state index contributed by atoms with van der Waals surface area (Å²) in [7, 11) is 0. The Labute approximate surface area is 173 Å². The third-order valence-corrected chi connectivity index (χ3v) is 3.60. The number of carbonyl (C=O) groups excluding carboxylic acids is 1. The molecule has 6 nitrogen and oxygen atoms in total. The molecular formula is C16H10KNO5. The zero-order valence-corrected chi connectivity index (χ0v) is 15.7. The minimum absolute atomic E-state index is 0. The summed E-state index contributed by atoms with van der Waals surface area (Å²) in [5.74, 6) is -0.793. The van der Waals surface area contributed by atoms with Crippen molar-refractivity contribution in [1.82, 2.24) is 5.16 Å². The van der Waals surface area contributed by atoms with E-state index in [-0.39, 0.29) is 51.4 Å². The number of carbonyl (C=O) groups is 1. The van der Waals surface area contributed by atoms with Crippen LogP contribution in [0, 0.1) is 6.92 Å². The average molecular weight is 335 g/mol. The summed E-state index contributed by atoms with van der Waals surface area (Å²) in [5, 5.41) is 15.7. The predicted molar refractivity (Wildman–Crippen MR) is 74.2 cm³/mol. The van der Waals surface area contributed by atoms with Gasteiger partial charge >= 0.3 is 51.4 Å². The minimum atomic E-state index is -1.43. The monoisotopic (exact) mass is 335 g/mol. The molecule has 0 fully saturated rings. The van der Waals surface area contributed by atoms with Crippen molar-refractivity contribution < 1.29 is 75.3 Å². The van der Waals surface area contributed by atoms with Crippen molar-refractivity contribution in [2.45, 2.75) is 13.2 Å². The first-order chi connectivity index (χ1) is 10.6. The van der Waals surface area contributed by atoms with Gasteiger partial charge in [-0.25, -0.2) is 0 Å². The number of aliphatic carboxylic acids is 1. The van der Waals surface area contributed by atoms with E-state index >= 15 is 0 Å². The summed E-state index contributed by atoms with van der Waals surface area (Å²) in [6, 6.07) is 11.0. The van der Waals surface area contributed by atoms with E-state index in [1.807, 2.05) is 31.2 Å². The fourth-order valence-electron chi connectivity index (χ4n) is 2.51. The Hall–Kier alpha value is -1.38. The molecule has 0 saturated carbocycles. The van der Waals surface area contributed by atoms with Gasteiger partial charge in [-0.1, -0.05) is 29.4 Å². The first-order valence-electron chi connectivity index (χ1n) is 6.67. The van der Waals surface area contributed by atoms with Crippen LogP contribution in [0.1, 0.15) is 5.56 Å². The van der Waals surface area contributed by atoms with Gasteiger partial charge in [0, 0.05) is 11.6 Å². The van der Waals surface area contributed by atoms with E-state index in [0.717, 1.165) is 16.5 Å². The molecule has 110 valence electrons. The van der Waals surface area contributed by atoms with Gasteiger partial charge in [0.1, 0.15) is 11.7 Å². The van der Waals surface area contributed by atoms with Crippen LogP contribution in [-0.4, -0.2) is 17.4 Å². The molecule has 0 spiro atoms. The van der Waals surface area contributed by atoms with Crippen LogP contribution in [0.2, 0.25) is 0 Å². The largest absolute Gasteiger partial charge is 1.00 e. The molecule has 7 heteroatoms. The van der Waals surface area contributed by atoms with Gasteiger partial charge in [-0.15, -0.1) is 0 Å². The van der Waals surface area contributed by atoms with Crippen molar-refractivity contribution in [3.63, 3.8) is 0 Å². The van der Waals surface area contributed by atoms with Gasteiger partial charge in [-0.05, 0) is 18.6 Å². The third-order valence-electron chi connectivity index (χ3n) is 3.60. The molecule has 2 heterocycles. The smallest absolute Gasteiger partial charge is 0.543 e. The summed E-state index contributed by atoms with van der Waals surface area (Å²) in [6.07, 6.45) is -1.43. The van der Waals surface area contributed by atoms with E-state index < -0.39 is 12.3 Å². The number of hydrogen-bond donors (Lipinski definition) is 0. The normalized spacial score (nSPS) is 15.4. The minimum Gasteiger partial charge on any atom is -0.543 e. The number of carboxylic acids is 1. The molecule has 0 radical (unpaired) electrons. The zero-order valence-electron chi connectivity index (χ0n) is 12.5. The fourth-order valence-corrected chi connectivity index (χ4v) is 2.51. The summed E-state index contributed by atoms with van der Waals surface area (Å²) in [6.45, 7) is 1.98. The van der Waals surface area contributed by atoms with E-state index in [2.05, 4.69) is 5.16 Å². The molecule has 3 aromatic rings. The molecule has 0 saturated heterocycles. The molecule has 1 atom stereocenters. The van der Waals surface area contributed by atoms with Crippen LogP contribution < -0.4 is 66.0 Å². The molecule has 0 N–H and O–H groups in total. The van der Waals surface area contributed by atoms with Crippen LogP contribution in [-0.2, 0) is 4.79 Å². The number of benzene rings is 2. The Morgan fingerprint density at radius 2 is 1.87 bits per heavy atom. The van der Waals surface area contributed by atoms with E-state index in [4.69, 9.17) is 14.0 Å². The van der Waals surface area contributed by atoms with E-state index in [1.165, 1.54) is 0 Å². The summed E-state index contributed by atoms with van der Waals surface area (Å²) < 4.78 is 15.7. The topological polar surface area (TPSA) is 84.6 Å². The molecule has 1 unspecified atom stereocenters. The van der Waals surface area contributed by atoms with E-state index in [9.17, 15) is 9.90 Å². The van der Waals surface area contributed by atoms with Crippen molar-refractivity contribution in [1.29, 1.82) is 0 Å². The fraction of sp³-hybridized carbons (Fsp3) is 0.125. The quantitative estimate of drug-likeness (QED) is 0.539. The van der Waals surface area contributed by atoms with Gasteiger partial charge in [-0.3, -0.25) is 0 Å². The second kappa shape index (κ2) is 6.25. The van der Waals surface area contributed by atoms with Crippen molar-refractivity contribution in [3.05, 3.63) is 42.0 Å². The number of nitrogens with zero attached hydrogens (tertiary/aromatic N) is 1. The molecule has 23 heavy (non-hydrogen) atoms. The number of aromatic nitrogens is 1. The van der Waals surface area contributed by atoms with E-state index in [1.54, 1.807) is 12.1 Å². The van der Waals surface area contributed by atoms with Gasteiger partial charge in [0.05, 0.1) is 5.39 Å². The molecule has 0 aliphatic carbocycles. The van der Waals surface area contributed by atoms with E-state index in [0.29, 0.717) is 22.8 Å². The predicted octanol–water partition coefficient (Wildman–Crippen LogP) is -1.35. The first kappa shape index (κ1) is 16.5. The van der Waals surface area contributed by atoms with Gasteiger partial charge < -0.3 is 23.9 Å². The number of rotatable bonds is 2. The molecule has 1 aliphatic rings. The van der Waals surface area contributed by atoms with Crippen molar-refractivity contribution >= 4 is 16.9 Å². The molecule has 1 aliphatic heterocycles. The summed E-state index contributed by atoms with van der Waals surface area (Å²) in [5.41, 5.74) is 3.18. The Balaban J connectivity index is 0.00000156. The van der Waals surface area contributed by atoms with Gasteiger partial charge in [0.25, 0.3) is 6.29 Å². The molecule has 2 aromatic carbocycles. The standard InChI is InChI=1S/C16H11NO5.K/c1-8-4-2-3-5-9(8)14-10-6-12-13(7-11(10)22-17-14)21-16(20-12)15(18)19;/h2-7,16H,1H3,(H,18,19);/q;+1/p-1. The Bertz CT molecular complexity index is 905. The Morgan fingerprint density at radius 3 is 2.57 bits per heavy atom. The maximum atomic E-state index is 10.8. The molecule has 1 aromatic heterocycles. The zero-order chi connectivity index (χ0) is 15.3. The van der Waals surface area contributed by atoms with Crippen LogP contribution in [0.25, 0.3) is 22.2 Å². The number of hydrogen-bond acceptors (Lipinski definition) is 6. The first-order valence-corrected chi connectivity index (χ1v) is 6.67. The molecule has 0 bridgehead atoms. The number of fused-ring (bicyclic) bond motifs is 2. The maximum absolute atomic E-state index is 10.8. The van der Waals surface area contributed by atoms with Gasteiger partial charge in [-0.2, -0.15) is 0 Å². The summed E-state index contributed by atoms with van der Waals surface area (Å²) in [4.78, 5) is 10.8. The van der Waals surface area contributed by atoms with Crippen LogP contribution in [0.3, 0.4) is 0 Å². The second-order valence-electron chi connectivity index (χ2n) is 5.03. The number of aryl methyl sites for hydroxylation is 1. The van der Waals surface area contributed by atoms with Gasteiger partial charge in [0.2, 0.25) is 0 Å². The molecule has 4 rings (SSSR count). The summed E-state index contributed by atoms with van der Waals surface area (Å²) >= 11 is 0. The van der Waals surface area contributed by atoms with Crippen LogP contribution >= 0.6 is 0 Å². The van der Waals surface area contributed by atoms with Crippen LogP contribution in [0.5, 0.6) is 11.5 Å². The van der Waals surface area contributed by atoms with Crippen molar-refractivity contribution in [2.24, 2.45) is 0 Å². The average Bonchev–Trinajstić information content (AvgIpc) is 3.08. The SMILES string of the molecule is Cc1ccccc1-c1noc2cc3c(cc12)OC(C(=O)[O-])O3.[K+]. The van der Waals surface area contributed by atoms with Crippen molar-refractivity contribution in [2.75, 3.05) is 0 Å². The maximum Gasteiger partial charge on any atom is 1.00 e. The third kappa shape index (κ3) is 2.79. The number of ether oxygens (including phenoxy) is 2. The Morgan fingerprint density at radius 1 is 1.17 bits per heavy atom.